The van der Waals surface area contributed by atoms with Crippen molar-refractivity contribution in [2.75, 3.05) is 31.7 Å². The molecule has 0 spiro atoms. The monoisotopic (exact) mass is 207 g/mol. The molecule has 2 aliphatic heterocycles. The molecule has 0 saturated carbocycles. The van der Waals surface area contributed by atoms with Gasteiger partial charge in [0.1, 0.15) is 19.0 Å². The van der Waals surface area contributed by atoms with Gasteiger partial charge in [-0.2, -0.15) is 0 Å². The lowest BCUT2D eigenvalue weighted by Crippen LogP contribution is -2.15. The number of nitrogens with one attached hydrogen (secondary N) is 1. The molecule has 0 unspecified atom stereocenters. The summed E-state index contributed by atoms with van der Waals surface area (Å²) >= 11 is 0. The summed E-state index contributed by atoms with van der Waals surface area (Å²) in [7, 11) is 0. The van der Waals surface area contributed by atoms with Gasteiger partial charge in [-0.1, -0.05) is 0 Å². The van der Waals surface area contributed by atoms with Crippen LogP contribution in [0.15, 0.2) is 12.1 Å². The van der Waals surface area contributed by atoms with Crippen molar-refractivity contribution >= 4 is 5.69 Å². The Morgan fingerprint density at radius 3 is 2.47 bits per heavy atom. The van der Waals surface area contributed by atoms with Crippen LogP contribution in [0.5, 0.6) is 17.2 Å². The minimum absolute atomic E-state index is 0.610. The molecule has 0 radical (unpaired) electrons. The lowest BCUT2D eigenvalue weighted by molar-refractivity contribution is 0.170. The summed E-state index contributed by atoms with van der Waals surface area (Å²) in [6, 6.07) is 3.86. The molecule has 15 heavy (non-hydrogen) atoms. The summed E-state index contributed by atoms with van der Waals surface area (Å²) in [4.78, 5) is 0. The van der Waals surface area contributed by atoms with E-state index in [-0.39, 0.29) is 0 Å². The van der Waals surface area contributed by atoms with Crippen molar-refractivity contribution in [2.24, 2.45) is 0 Å². The molecule has 1 aromatic rings. The molecule has 80 valence electrons. The third kappa shape index (κ3) is 1.56. The van der Waals surface area contributed by atoms with E-state index in [4.69, 9.17) is 14.2 Å². The maximum absolute atomic E-state index is 5.62. The first-order valence-corrected chi connectivity index (χ1v) is 5.24. The predicted molar refractivity (Wildman–Crippen MR) is 56.0 cm³/mol. The first kappa shape index (κ1) is 8.71. The maximum atomic E-state index is 5.62. The third-order valence-corrected chi connectivity index (χ3v) is 2.54. The molecular weight excluding hydrogens is 194 g/mol. The number of ether oxygens (including phenoxy) is 3. The van der Waals surface area contributed by atoms with Gasteiger partial charge in [-0.25, -0.2) is 0 Å². The number of hydrogen-bond acceptors (Lipinski definition) is 4. The molecule has 3 rings (SSSR count). The molecule has 0 atom stereocenters. The highest BCUT2D eigenvalue weighted by Gasteiger charge is 2.17. The van der Waals surface area contributed by atoms with Gasteiger partial charge in [0, 0.05) is 18.7 Å². The van der Waals surface area contributed by atoms with Crippen molar-refractivity contribution in [1.82, 2.24) is 0 Å². The van der Waals surface area contributed by atoms with Crippen molar-refractivity contribution in [2.45, 2.75) is 6.42 Å². The fourth-order valence-corrected chi connectivity index (χ4v) is 1.81. The number of benzene rings is 1. The summed E-state index contributed by atoms with van der Waals surface area (Å²) in [5.41, 5.74) is 0.997. The van der Waals surface area contributed by atoms with Crippen LogP contribution < -0.4 is 19.5 Å². The van der Waals surface area contributed by atoms with Crippen molar-refractivity contribution < 1.29 is 14.2 Å². The molecule has 0 saturated heterocycles. The van der Waals surface area contributed by atoms with Crippen LogP contribution in [0, 0.1) is 0 Å². The lowest BCUT2D eigenvalue weighted by atomic mass is 10.2. The van der Waals surface area contributed by atoms with Crippen LogP contribution >= 0.6 is 0 Å². The van der Waals surface area contributed by atoms with Crippen molar-refractivity contribution in [3.63, 3.8) is 0 Å². The first-order chi connectivity index (χ1) is 7.43. The largest absolute Gasteiger partial charge is 0.491 e. The number of rotatable bonds is 0. The van der Waals surface area contributed by atoms with Crippen LogP contribution in [0.3, 0.4) is 0 Å². The van der Waals surface area contributed by atoms with E-state index in [0.29, 0.717) is 13.2 Å². The Morgan fingerprint density at radius 2 is 1.60 bits per heavy atom. The van der Waals surface area contributed by atoms with Gasteiger partial charge in [-0.05, 0) is 6.42 Å². The SMILES string of the molecule is c1c2c(cc3c1OCCO3)OCCCN2. The summed E-state index contributed by atoms with van der Waals surface area (Å²) in [6.45, 7) is 2.91. The molecule has 0 bridgehead atoms. The quantitative estimate of drug-likeness (QED) is 0.702. The molecule has 2 heterocycles. The van der Waals surface area contributed by atoms with E-state index < -0.39 is 0 Å². The van der Waals surface area contributed by atoms with Crippen molar-refractivity contribution in [1.29, 1.82) is 0 Å². The van der Waals surface area contributed by atoms with Crippen LogP contribution in [-0.4, -0.2) is 26.4 Å². The second kappa shape index (κ2) is 3.53. The van der Waals surface area contributed by atoms with Crippen LogP contribution in [0.1, 0.15) is 6.42 Å². The number of anilines is 1. The van der Waals surface area contributed by atoms with E-state index in [1.54, 1.807) is 0 Å². The molecule has 0 fully saturated rings. The fraction of sp³-hybridized carbons (Fsp3) is 0.455. The zero-order chi connectivity index (χ0) is 10.1. The van der Waals surface area contributed by atoms with Gasteiger partial charge in [0.15, 0.2) is 11.5 Å². The van der Waals surface area contributed by atoms with E-state index in [1.807, 2.05) is 12.1 Å². The zero-order valence-electron chi connectivity index (χ0n) is 8.41. The first-order valence-electron chi connectivity index (χ1n) is 5.24. The molecule has 0 aromatic heterocycles. The highest BCUT2D eigenvalue weighted by Crippen LogP contribution is 2.40. The van der Waals surface area contributed by atoms with Gasteiger partial charge >= 0.3 is 0 Å². The maximum Gasteiger partial charge on any atom is 0.165 e. The summed E-state index contributed by atoms with van der Waals surface area (Å²) < 4.78 is 16.6. The zero-order valence-corrected chi connectivity index (χ0v) is 8.41. The lowest BCUT2D eigenvalue weighted by Gasteiger charge is -2.20. The summed E-state index contributed by atoms with van der Waals surface area (Å²) in [5, 5.41) is 3.31. The van der Waals surface area contributed by atoms with Gasteiger partial charge in [-0.15, -0.1) is 0 Å². The van der Waals surface area contributed by atoms with Crippen molar-refractivity contribution in [3.05, 3.63) is 12.1 Å². The molecule has 2 aliphatic rings. The summed E-state index contributed by atoms with van der Waals surface area (Å²) in [6.07, 6.45) is 1.01. The van der Waals surface area contributed by atoms with Gasteiger partial charge in [0.05, 0.1) is 12.3 Å². The van der Waals surface area contributed by atoms with E-state index in [9.17, 15) is 0 Å². The smallest absolute Gasteiger partial charge is 0.165 e. The highest BCUT2D eigenvalue weighted by molar-refractivity contribution is 5.65. The van der Waals surface area contributed by atoms with E-state index in [0.717, 1.165) is 42.5 Å². The normalized spacial score (nSPS) is 18.1. The fourth-order valence-electron chi connectivity index (χ4n) is 1.81. The van der Waals surface area contributed by atoms with Crippen LogP contribution in [-0.2, 0) is 0 Å². The van der Waals surface area contributed by atoms with Gasteiger partial charge in [-0.3, -0.25) is 0 Å². The minimum Gasteiger partial charge on any atom is -0.491 e. The van der Waals surface area contributed by atoms with Crippen LogP contribution in [0.2, 0.25) is 0 Å². The van der Waals surface area contributed by atoms with Gasteiger partial charge in [0.25, 0.3) is 0 Å². The highest BCUT2D eigenvalue weighted by atomic mass is 16.6. The Bertz CT molecular complexity index is 343. The third-order valence-electron chi connectivity index (χ3n) is 2.54. The van der Waals surface area contributed by atoms with E-state index >= 15 is 0 Å². The van der Waals surface area contributed by atoms with Gasteiger partial charge < -0.3 is 19.5 Å². The number of fused-ring (bicyclic) bond motifs is 2. The molecular formula is C11H13NO3. The van der Waals surface area contributed by atoms with Crippen molar-refractivity contribution in [3.8, 4) is 17.2 Å². The summed E-state index contributed by atoms with van der Waals surface area (Å²) in [5.74, 6) is 2.44. The average Bonchev–Trinajstić information content (AvgIpc) is 2.50. The van der Waals surface area contributed by atoms with Crippen LogP contribution in [0.4, 0.5) is 5.69 Å². The minimum atomic E-state index is 0.610. The molecule has 0 amide bonds. The Balaban J connectivity index is 2.02. The Hall–Kier alpha value is -1.58. The Labute approximate surface area is 88.1 Å². The van der Waals surface area contributed by atoms with E-state index in [2.05, 4.69) is 5.32 Å². The average molecular weight is 207 g/mol. The topological polar surface area (TPSA) is 39.7 Å². The Kier molecular flexibility index (Phi) is 2.05. The predicted octanol–water partition coefficient (Wildman–Crippen LogP) is 1.65. The molecule has 1 N–H and O–H groups in total. The Morgan fingerprint density at radius 1 is 0.867 bits per heavy atom. The molecule has 0 aliphatic carbocycles. The molecule has 1 aromatic carbocycles. The molecule has 4 nitrogen and oxygen atoms in total. The number of hydrogen-bond donors (Lipinski definition) is 1. The molecule has 4 heteroatoms. The van der Waals surface area contributed by atoms with E-state index in [1.165, 1.54) is 0 Å². The second-order valence-electron chi connectivity index (χ2n) is 3.62. The standard InChI is InChI=1S/C11H13NO3/c1-2-12-8-6-10-11(15-5-4-14-10)7-9(8)13-3-1/h6-7,12H,1-5H2. The second-order valence-corrected chi connectivity index (χ2v) is 3.62. The van der Waals surface area contributed by atoms with Crippen LogP contribution in [0.25, 0.3) is 0 Å². The van der Waals surface area contributed by atoms with Gasteiger partial charge in [0.2, 0.25) is 0 Å².